The molecule has 5 aromatic rings. The Kier molecular flexibility index (Phi) is 11.8. The molecule has 2 aliphatic heterocycles. The van der Waals surface area contributed by atoms with E-state index in [1.807, 2.05) is 72.8 Å². The summed E-state index contributed by atoms with van der Waals surface area (Å²) in [6, 6.07) is 37.3. The smallest absolute Gasteiger partial charge is 0.264 e. The minimum atomic E-state index is -2.56. The molecule has 2 aliphatic rings. The Hall–Kier alpha value is -5.46. The number of ether oxygens (including phenoxy) is 2. The number of methoxy groups -OCH3 is 1. The molecule has 1 spiro atoms. The molecule has 58 heavy (non-hydrogen) atoms. The van der Waals surface area contributed by atoms with Crippen LogP contribution in [-0.2, 0) is 33.0 Å². The standard InChI is InChI=1S/C46H49ClN4O6Si/c1-30-43(58(3,4)38-20-18-37(56-2)19-21-38)41(27-42(53)50(23-24-52)28-31-9-6-5-7-10-31)57-46(30)39-26-34(47)15-22-40(39)51(45(46)55)29-32-11-8-12-36(25-32)49-44(54)33-13-16-35(48)17-14-33/h5-22,25-26,30,41,43,52H,23-24,27-29,48H2,1-4H3,(H,49,54)/t30-,41+,43-,46+/m1/s1. The van der Waals surface area contributed by atoms with E-state index in [0.29, 0.717) is 39.8 Å². The number of hydrogen-bond donors (Lipinski definition) is 3. The Balaban J connectivity index is 1.24. The topological polar surface area (TPSA) is 134 Å². The van der Waals surface area contributed by atoms with Gasteiger partial charge in [0.05, 0.1) is 46.5 Å². The zero-order valence-corrected chi connectivity index (χ0v) is 34.9. The summed E-state index contributed by atoms with van der Waals surface area (Å²) in [7, 11) is -0.926. The number of hydrogen-bond acceptors (Lipinski definition) is 7. The maximum atomic E-state index is 15.3. The molecular weight excluding hydrogens is 768 g/mol. The van der Waals surface area contributed by atoms with Gasteiger partial charge in [-0.25, -0.2) is 0 Å². The van der Waals surface area contributed by atoms with Gasteiger partial charge in [0.25, 0.3) is 11.8 Å². The van der Waals surface area contributed by atoms with Crippen molar-refractivity contribution in [3.8, 4) is 5.75 Å². The predicted molar refractivity (Wildman–Crippen MR) is 231 cm³/mol. The second kappa shape index (κ2) is 16.8. The summed E-state index contributed by atoms with van der Waals surface area (Å²) >= 11 is 6.72. The van der Waals surface area contributed by atoms with Crippen LogP contribution < -0.4 is 25.9 Å². The first-order valence-electron chi connectivity index (χ1n) is 19.5. The van der Waals surface area contributed by atoms with Crippen molar-refractivity contribution >= 4 is 59.6 Å². The first kappa shape index (κ1) is 40.7. The van der Waals surface area contributed by atoms with Gasteiger partial charge >= 0.3 is 0 Å². The summed E-state index contributed by atoms with van der Waals surface area (Å²) in [6.07, 6.45) is -0.611. The van der Waals surface area contributed by atoms with E-state index in [9.17, 15) is 14.7 Å². The van der Waals surface area contributed by atoms with Crippen molar-refractivity contribution in [2.45, 2.75) is 56.8 Å². The van der Waals surface area contributed by atoms with E-state index < -0.39 is 19.8 Å². The highest BCUT2D eigenvalue weighted by Gasteiger charge is 2.66. The van der Waals surface area contributed by atoms with Gasteiger partial charge in [0.1, 0.15) is 5.75 Å². The number of carbonyl (C=O) groups excluding carboxylic acids is 3. The summed E-state index contributed by atoms with van der Waals surface area (Å²) in [5.74, 6) is -0.298. The van der Waals surface area contributed by atoms with Crippen LogP contribution in [0.3, 0.4) is 0 Å². The van der Waals surface area contributed by atoms with Crippen molar-refractivity contribution in [1.29, 1.82) is 0 Å². The van der Waals surface area contributed by atoms with E-state index in [0.717, 1.165) is 22.1 Å². The molecule has 4 atom stereocenters. The molecule has 2 heterocycles. The van der Waals surface area contributed by atoms with Crippen LogP contribution in [0.25, 0.3) is 0 Å². The number of nitrogen functional groups attached to an aromatic ring is 1. The zero-order valence-electron chi connectivity index (χ0n) is 33.2. The second-order valence-corrected chi connectivity index (χ2v) is 20.8. The third-order valence-electron chi connectivity index (χ3n) is 11.8. The lowest BCUT2D eigenvalue weighted by Crippen LogP contribution is -2.52. The third-order valence-corrected chi connectivity index (χ3v) is 16.4. The van der Waals surface area contributed by atoms with Crippen molar-refractivity contribution in [3.05, 3.63) is 149 Å². The Bertz CT molecular complexity index is 2290. The number of benzene rings is 5. The number of rotatable bonds is 13. The highest BCUT2D eigenvalue weighted by atomic mass is 35.5. The minimum Gasteiger partial charge on any atom is -0.497 e. The van der Waals surface area contributed by atoms with Gasteiger partial charge in [-0.1, -0.05) is 91.4 Å². The Morgan fingerprint density at radius 2 is 1.66 bits per heavy atom. The van der Waals surface area contributed by atoms with Gasteiger partial charge in [0.15, 0.2) is 5.60 Å². The van der Waals surface area contributed by atoms with Gasteiger partial charge in [0, 0.05) is 46.5 Å². The van der Waals surface area contributed by atoms with Crippen LogP contribution in [0.4, 0.5) is 17.1 Å². The number of aliphatic hydroxyl groups excluding tert-OH is 1. The molecule has 1 fully saturated rings. The number of amides is 3. The summed E-state index contributed by atoms with van der Waals surface area (Å²) in [5.41, 5.74) is 8.89. The van der Waals surface area contributed by atoms with Gasteiger partial charge in [-0.05, 0) is 83.4 Å². The molecule has 3 amide bonds. The molecule has 5 aromatic carbocycles. The average Bonchev–Trinajstić information content (AvgIpc) is 3.64. The molecule has 4 N–H and O–H groups in total. The molecule has 0 radical (unpaired) electrons. The Morgan fingerprint density at radius 1 is 0.948 bits per heavy atom. The van der Waals surface area contributed by atoms with E-state index >= 15 is 4.79 Å². The van der Waals surface area contributed by atoms with Crippen LogP contribution in [0.5, 0.6) is 5.75 Å². The van der Waals surface area contributed by atoms with Crippen molar-refractivity contribution in [1.82, 2.24) is 4.90 Å². The van der Waals surface area contributed by atoms with Crippen molar-refractivity contribution in [2.75, 3.05) is 36.2 Å². The lowest BCUT2D eigenvalue weighted by Gasteiger charge is -2.37. The molecule has 0 bridgehead atoms. The van der Waals surface area contributed by atoms with E-state index in [1.165, 1.54) is 0 Å². The highest BCUT2D eigenvalue weighted by Crippen LogP contribution is 2.60. The Morgan fingerprint density at radius 3 is 2.34 bits per heavy atom. The van der Waals surface area contributed by atoms with Crippen molar-refractivity contribution < 1.29 is 29.0 Å². The number of nitrogens with two attached hydrogens (primary N) is 1. The molecule has 300 valence electrons. The largest absolute Gasteiger partial charge is 0.497 e. The Labute approximate surface area is 345 Å². The molecule has 12 heteroatoms. The maximum Gasteiger partial charge on any atom is 0.264 e. The fourth-order valence-electron chi connectivity index (χ4n) is 8.93. The zero-order chi connectivity index (χ0) is 41.2. The number of aliphatic hydroxyl groups is 1. The van der Waals surface area contributed by atoms with Crippen molar-refractivity contribution in [2.24, 2.45) is 5.92 Å². The van der Waals surface area contributed by atoms with E-state index in [-0.39, 0.29) is 55.3 Å². The molecule has 10 nitrogen and oxygen atoms in total. The van der Waals surface area contributed by atoms with E-state index in [2.05, 4.69) is 37.5 Å². The molecule has 0 aromatic heterocycles. The quantitative estimate of drug-likeness (QED) is 0.0836. The first-order valence-corrected chi connectivity index (χ1v) is 22.9. The van der Waals surface area contributed by atoms with Crippen LogP contribution >= 0.6 is 11.6 Å². The third kappa shape index (κ3) is 7.87. The van der Waals surface area contributed by atoms with Gasteiger partial charge < -0.3 is 35.4 Å². The van der Waals surface area contributed by atoms with Crippen LogP contribution in [0.15, 0.2) is 121 Å². The van der Waals surface area contributed by atoms with Gasteiger partial charge in [0.2, 0.25) is 5.91 Å². The van der Waals surface area contributed by atoms with Crippen LogP contribution in [0.2, 0.25) is 23.7 Å². The van der Waals surface area contributed by atoms with Crippen LogP contribution in [-0.4, -0.2) is 62.2 Å². The molecule has 0 aliphatic carbocycles. The summed E-state index contributed by atoms with van der Waals surface area (Å²) in [5, 5.41) is 14.6. The lowest BCUT2D eigenvalue weighted by molar-refractivity contribution is -0.150. The van der Waals surface area contributed by atoms with Crippen molar-refractivity contribution in [3.63, 3.8) is 0 Å². The minimum absolute atomic E-state index is 0.0229. The highest BCUT2D eigenvalue weighted by molar-refractivity contribution is 6.91. The summed E-state index contributed by atoms with van der Waals surface area (Å²) < 4.78 is 12.7. The molecular formula is C46H49ClN4O6Si. The fourth-order valence-corrected chi connectivity index (χ4v) is 13.1. The van der Waals surface area contributed by atoms with Crippen LogP contribution in [0, 0.1) is 5.92 Å². The average molecular weight is 817 g/mol. The number of nitrogens with one attached hydrogen (secondary N) is 1. The molecule has 0 unspecified atom stereocenters. The maximum absolute atomic E-state index is 15.3. The van der Waals surface area contributed by atoms with Gasteiger partial charge in [-0.15, -0.1) is 0 Å². The monoisotopic (exact) mass is 816 g/mol. The summed E-state index contributed by atoms with van der Waals surface area (Å²) in [6.45, 7) is 7.12. The first-order chi connectivity index (χ1) is 27.8. The number of nitrogens with zero attached hydrogens (tertiary/aromatic N) is 2. The molecule has 0 saturated carbocycles. The van der Waals surface area contributed by atoms with Gasteiger partial charge in [-0.2, -0.15) is 0 Å². The number of fused-ring (bicyclic) bond motifs is 2. The van der Waals surface area contributed by atoms with Crippen LogP contribution in [0.1, 0.15) is 40.4 Å². The number of carbonyl (C=O) groups is 3. The molecule has 7 rings (SSSR count). The SMILES string of the molecule is COc1ccc([Si](C)(C)[C@H]2[C@H](CC(=O)N(CCO)Cc3ccccc3)O[C@@]3(C(=O)N(Cc4cccc(NC(=O)c5ccc(N)cc5)c4)c4ccc(Cl)cc43)[C@@H]2C)cc1. The summed E-state index contributed by atoms with van der Waals surface area (Å²) in [4.78, 5) is 46.2. The normalized spacial score (nSPS) is 19.9. The lowest BCUT2D eigenvalue weighted by atomic mass is 9.82. The number of anilines is 3. The molecule has 1 saturated heterocycles. The van der Waals surface area contributed by atoms with Gasteiger partial charge in [-0.3, -0.25) is 14.4 Å². The predicted octanol–water partition coefficient (Wildman–Crippen LogP) is 7.36. The van der Waals surface area contributed by atoms with E-state index in [4.69, 9.17) is 26.8 Å². The second-order valence-electron chi connectivity index (χ2n) is 15.7. The fraction of sp³-hybridized carbons (Fsp3) is 0.283. The number of halogens is 1. The van der Waals surface area contributed by atoms with E-state index in [1.54, 1.807) is 53.3 Å².